The Morgan fingerprint density at radius 2 is 1.96 bits per heavy atom. The van der Waals surface area contributed by atoms with Crippen LogP contribution in [0, 0.1) is 16.7 Å². The van der Waals surface area contributed by atoms with Crippen LogP contribution in [0.15, 0.2) is 46.9 Å². The molecule has 0 radical (unpaired) electrons. The summed E-state index contributed by atoms with van der Waals surface area (Å²) in [6, 6.07) is 9.19. The zero-order valence-electron chi connectivity index (χ0n) is 13.0. The lowest BCUT2D eigenvalue weighted by Gasteiger charge is -2.37. The van der Waals surface area contributed by atoms with E-state index in [1.807, 2.05) is 13.8 Å². The number of rotatable bonds is 1. The van der Waals surface area contributed by atoms with E-state index in [1.54, 1.807) is 24.3 Å². The summed E-state index contributed by atoms with van der Waals surface area (Å²) in [7, 11) is 0. The van der Waals surface area contributed by atoms with E-state index in [2.05, 4.69) is 6.07 Å². The molecule has 2 N–H and O–H groups in total. The average Bonchev–Trinajstić information content (AvgIpc) is 2.45. The summed E-state index contributed by atoms with van der Waals surface area (Å²) in [5.74, 6) is 0.527. The number of nitriles is 1. The molecule has 0 saturated heterocycles. The van der Waals surface area contributed by atoms with Crippen LogP contribution in [0.4, 0.5) is 0 Å². The molecule has 23 heavy (non-hydrogen) atoms. The Morgan fingerprint density at radius 1 is 1.30 bits per heavy atom. The molecule has 2 aliphatic rings. The van der Waals surface area contributed by atoms with Gasteiger partial charge >= 0.3 is 0 Å². The van der Waals surface area contributed by atoms with Gasteiger partial charge in [-0.15, -0.1) is 0 Å². The zero-order valence-corrected chi connectivity index (χ0v) is 13.8. The zero-order chi connectivity index (χ0) is 16.8. The van der Waals surface area contributed by atoms with E-state index >= 15 is 0 Å². The Labute approximate surface area is 140 Å². The predicted octanol–water partition coefficient (Wildman–Crippen LogP) is 3.79. The van der Waals surface area contributed by atoms with Gasteiger partial charge in [0, 0.05) is 17.9 Å². The molecule has 1 aliphatic heterocycles. The minimum Gasteiger partial charge on any atom is -0.484 e. The van der Waals surface area contributed by atoms with Crippen molar-refractivity contribution in [2.45, 2.75) is 32.8 Å². The van der Waals surface area contributed by atoms with Crippen molar-refractivity contribution in [3.05, 3.63) is 57.5 Å². The molecule has 5 heteroatoms. The Bertz CT molecular complexity index is 782. The molecule has 0 saturated carbocycles. The first-order valence-electron chi connectivity index (χ1n) is 7.41. The molecular weight excluding hydrogens is 312 g/mol. The smallest absolute Gasteiger partial charge is 0.168 e. The van der Waals surface area contributed by atoms with Crippen molar-refractivity contribution in [2.24, 2.45) is 11.1 Å². The number of allylic oxidation sites excluding steroid dienone is 2. The minimum absolute atomic E-state index is 0.0592. The van der Waals surface area contributed by atoms with E-state index in [1.165, 1.54) is 0 Å². The van der Waals surface area contributed by atoms with Crippen LogP contribution >= 0.6 is 11.6 Å². The van der Waals surface area contributed by atoms with Gasteiger partial charge in [0.15, 0.2) is 11.9 Å². The van der Waals surface area contributed by atoms with E-state index in [0.29, 0.717) is 29.2 Å². The van der Waals surface area contributed by atoms with Gasteiger partial charge in [-0.2, -0.15) is 5.26 Å². The van der Waals surface area contributed by atoms with Crippen molar-refractivity contribution in [1.29, 1.82) is 5.26 Å². The van der Waals surface area contributed by atoms with Gasteiger partial charge in [-0.1, -0.05) is 37.6 Å². The average molecular weight is 329 g/mol. The van der Waals surface area contributed by atoms with Crippen molar-refractivity contribution in [3.63, 3.8) is 0 Å². The molecule has 4 nitrogen and oxygen atoms in total. The second-order valence-electron chi connectivity index (χ2n) is 6.73. The summed E-state index contributed by atoms with van der Waals surface area (Å²) in [6.07, 6.45) is 0.426. The van der Waals surface area contributed by atoms with Gasteiger partial charge < -0.3 is 10.5 Å². The van der Waals surface area contributed by atoms with Crippen LogP contribution in [-0.4, -0.2) is 5.78 Å². The Morgan fingerprint density at radius 3 is 2.57 bits per heavy atom. The Kier molecular flexibility index (Phi) is 3.69. The molecule has 118 valence electrons. The van der Waals surface area contributed by atoms with Gasteiger partial charge in [-0.25, -0.2) is 0 Å². The van der Waals surface area contributed by atoms with Gasteiger partial charge in [0.05, 0.1) is 16.8 Å². The summed E-state index contributed by atoms with van der Waals surface area (Å²) in [5, 5.41) is 10.1. The maximum atomic E-state index is 12.4. The molecule has 0 unspecified atom stereocenters. The highest BCUT2D eigenvalue weighted by Gasteiger charge is 2.40. The number of hydrogen-bond donors (Lipinski definition) is 1. The standard InChI is InChI=1S/C18H17ClN2O2/c1-18(2)7-13(22)15-14(8-18)23-17(12(9-20)16(15)21)10-3-5-11(19)6-4-10/h3-6,17H,7-8,21H2,1-2H3/t17-/m1/s1. The molecule has 0 spiro atoms. The van der Waals surface area contributed by atoms with Gasteiger partial charge in [0.25, 0.3) is 0 Å². The molecule has 0 bridgehead atoms. The fourth-order valence-electron chi connectivity index (χ4n) is 3.13. The number of nitrogens with two attached hydrogens (primary N) is 1. The van der Waals surface area contributed by atoms with Crippen LogP contribution in [0.25, 0.3) is 0 Å². The number of ether oxygens (including phenoxy) is 1. The second-order valence-corrected chi connectivity index (χ2v) is 7.16. The Hall–Kier alpha value is -2.25. The Balaban J connectivity index is 2.09. The van der Waals surface area contributed by atoms with E-state index in [4.69, 9.17) is 22.1 Å². The van der Waals surface area contributed by atoms with E-state index in [-0.39, 0.29) is 22.5 Å². The number of Topliss-reactive ketones (excluding diaryl/α,β-unsaturated/α-hetero) is 1. The van der Waals surface area contributed by atoms with Crippen LogP contribution in [-0.2, 0) is 9.53 Å². The monoisotopic (exact) mass is 328 g/mol. The van der Waals surface area contributed by atoms with Crippen molar-refractivity contribution >= 4 is 17.4 Å². The van der Waals surface area contributed by atoms with Crippen molar-refractivity contribution in [1.82, 2.24) is 0 Å². The lowest BCUT2D eigenvalue weighted by Crippen LogP contribution is -2.33. The number of hydrogen-bond acceptors (Lipinski definition) is 4. The van der Waals surface area contributed by atoms with Crippen molar-refractivity contribution in [3.8, 4) is 6.07 Å². The molecular formula is C18H17ClN2O2. The number of halogens is 1. The molecule has 0 amide bonds. The van der Waals surface area contributed by atoms with Gasteiger partial charge in [-0.3, -0.25) is 4.79 Å². The first kappa shape index (κ1) is 15.6. The molecule has 1 aliphatic carbocycles. The number of benzene rings is 1. The van der Waals surface area contributed by atoms with Crippen LogP contribution in [0.1, 0.15) is 38.4 Å². The number of carbonyl (C=O) groups excluding carboxylic acids is 1. The SMILES string of the molecule is CC1(C)CC(=O)C2=C(C1)O[C@H](c1ccc(Cl)cc1)C(C#N)=C2N. The minimum atomic E-state index is -0.599. The quantitative estimate of drug-likeness (QED) is 0.850. The number of nitrogens with zero attached hydrogens (tertiary/aromatic N) is 1. The molecule has 1 heterocycles. The highest BCUT2D eigenvalue weighted by molar-refractivity contribution is 6.30. The number of ketones is 1. The summed E-state index contributed by atoms with van der Waals surface area (Å²) >= 11 is 5.92. The lowest BCUT2D eigenvalue weighted by atomic mass is 9.74. The lowest BCUT2D eigenvalue weighted by molar-refractivity contribution is -0.118. The highest BCUT2D eigenvalue weighted by atomic mass is 35.5. The normalized spacial score (nSPS) is 23.2. The first-order valence-corrected chi connectivity index (χ1v) is 7.79. The number of carbonyl (C=O) groups is 1. The van der Waals surface area contributed by atoms with Crippen molar-refractivity contribution in [2.75, 3.05) is 0 Å². The van der Waals surface area contributed by atoms with Crippen LogP contribution in [0.2, 0.25) is 5.02 Å². The highest BCUT2D eigenvalue weighted by Crippen LogP contribution is 2.45. The third-order valence-electron chi connectivity index (χ3n) is 4.21. The van der Waals surface area contributed by atoms with Crippen LogP contribution in [0.5, 0.6) is 0 Å². The summed E-state index contributed by atoms with van der Waals surface area (Å²) in [4.78, 5) is 12.4. The van der Waals surface area contributed by atoms with Crippen LogP contribution < -0.4 is 5.73 Å². The topological polar surface area (TPSA) is 76.1 Å². The molecule has 1 atom stereocenters. The summed E-state index contributed by atoms with van der Waals surface area (Å²) < 4.78 is 6.05. The second kappa shape index (κ2) is 5.43. The third-order valence-corrected chi connectivity index (χ3v) is 4.46. The molecule has 1 aromatic rings. The van der Waals surface area contributed by atoms with E-state index < -0.39 is 6.10 Å². The van der Waals surface area contributed by atoms with Gasteiger partial charge in [-0.05, 0) is 23.1 Å². The maximum absolute atomic E-state index is 12.4. The van der Waals surface area contributed by atoms with E-state index in [0.717, 1.165) is 5.56 Å². The molecule has 0 fully saturated rings. The predicted molar refractivity (Wildman–Crippen MR) is 87.2 cm³/mol. The molecule has 1 aromatic carbocycles. The first-order chi connectivity index (χ1) is 10.8. The summed E-state index contributed by atoms with van der Waals surface area (Å²) in [6.45, 7) is 4.05. The largest absolute Gasteiger partial charge is 0.484 e. The van der Waals surface area contributed by atoms with Gasteiger partial charge in [0.1, 0.15) is 11.8 Å². The van der Waals surface area contributed by atoms with Crippen LogP contribution in [0.3, 0.4) is 0 Å². The van der Waals surface area contributed by atoms with Gasteiger partial charge in [0.2, 0.25) is 0 Å². The fraction of sp³-hybridized carbons (Fsp3) is 0.333. The van der Waals surface area contributed by atoms with Crippen molar-refractivity contribution < 1.29 is 9.53 Å². The third kappa shape index (κ3) is 2.73. The molecule has 3 rings (SSSR count). The fourth-order valence-corrected chi connectivity index (χ4v) is 3.26. The maximum Gasteiger partial charge on any atom is 0.168 e. The molecule has 0 aromatic heterocycles. The summed E-state index contributed by atoms with van der Waals surface area (Å²) in [5.41, 5.74) is 7.67. The van der Waals surface area contributed by atoms with E-state index in [9.17, 15) is 10.1 Å².